The fraction of sp³-hybridized carbons (Fsp3) is 0.261. The van der Waals surface area contributed by atoms with E-state index >= 15 is 0 Å². The van der Waals surface area contributed by atoms with E-state index in [2.05, 4.69) is 22.5 Å². The van der Waals surface area contributed by atoms with Crippen LogP contribution in [0.1, 0.15) is 42.2 Å². The second-order valence-electron chi connectivity index (χ2n) is 7.65. The molecule has 4 rings (SSSR count). The second-order valence-corrected chi connectivity index (χ2v) is 7.65. The molecule has 0 saturated heterocycles. The lowest BCUT2D eigenvalue weighted by Crippen LogP contribution is -2.26. The predicted molar refractivity (Wildman–Crippen MR) is 112 cm³/mol. The molecular formula is C23H24N4O2. The Morgan fingerprint density at radius 3 is 2.59 bits per heavy atom. The number of imidazole rings is 1. The monoisotopic (exact) mass is 388 g/mol. The van der Waals surface area contributed by atoms with Gasteiger partial charge < -0.3 is 15.2 Å². The molecule has 1 aromatic heterocycles. The van der Waals surface area contributed by atoms with Crippen molar-refractivity contribution in [3.05, 3.63) is 78.4 Å². The highest BCUT2D eigenvalue weighted by atomic mass is 16.2. The minimum atomic E-state index is -0.174. The molecule has 6 nitrogen and oxygen atoms in total. The largest absolute Gasteiger partial charge is 0.346 e. The SMILES string of the molecule is CC(NC(=O)c1cccc(NC(=O)C2CC2C)c1)c1ccc(-n2ccnc2)cc1. The Morgan fingerprint density at radius 1 is 1.17 bits per heavy atom. The number of benzene rings is 2. The molecule has 0 aliphatic heterocycles. The zero-order valence-electron chi connectivity index (χ0n) is 16.5. The van der Waals surface area contributed by atoms with Crippen LogP contribution in [0.2, 0.25) is 0 Å². The quantitative estimate of drug-likeness (QED) is 0.671. The molecule has 1 aliphatic rings. The standard InChI is InChI=1S/C23H24N4O2/c1-15-12-21(15)23(29)26-19-5-3-4-18(13-19)22(28)25-16(2)17-6-8-20(9-7-17)27-11-10-24-14-27/h3-11,13-16,21H,12H2,1-2H3,(H,25,28)(H,26,29). The zero-order valence-corrected chi connectivity index (χ0v) is 16.5. The van der Waals surface area contributed by atoms with Crippen molar-refractivity contribution in [3.8, 4) is 5.69 Å². The van der Waals surface area contributed by atoms with E-state index in [-0.39, 0.29) is 23.8 Å². The Morgan fingerprint density at radius 2 is 1.93 bits per heavy atom. The number of hydrogen-bond acceptors (Lipinski definition) is 3. The normalized spacial score (nSPS) is 18.7. The first-order chi connectivity index (χ1) is 14.0. The van der Waals surface area contributed by atoms with Crippen molar-refractivity contribution in [1.29, 1.82) is 0 Å². The number of amides is 2. The molecule has 3 atom stereocenters. The van der Waals surface area contributed by atoms with E-state index in [1.807, 2.05) is 42.0 Å². The van der Waals surface area contributed by atoms with Gasteiger partial charge in [0.05, 0.1) is 12.4 Å². The third-order valence-electron chi connectivity index (χ3n) is 5.38. The Kier molecular flexibility index (Phi) is 5.16. The maximum absolute atomic E-state index is 12.7. The van der Waals surface area contributed by atoms with Crippen molar-refractivity contribution >= 4 is 17.5 Å². The van der Waals surface area contributed by atoms with E-state index in [9.17, 15) is 9.59 Å². The van der Waals surface area contributed by atoms with Gasteiger partial charge in [0.1, 0.15) is 0 Å². The van der Waals surface area contributed by atoms with Gasteiger partial charge in [0.2, 0.25) is 5.91 Å². The summed E-state index contributed by atoms with van der Waals surface area (Å²) in [6.07, 6.45) is 6.30. The Hall–Kier alpha value is -3.41. The average Bonchev–Trinajstić information content (AvgIpc) is 3.23. The molecule has 2 N–H and O–H groups in total. The van der Waals surface area contributed by atoms with Crippen LogP contribution in [0.5, 0.6) is 0 Å². The van der Waals surface area contributed by atoms with E-state index in [1.165, 1.54) is 0 Å². The van der Waals surface area contributed by atoms with Crippen LogP contribution < -0.4 is 10.6 Å². The number of hydrogen-bond donors (Lipinski definition) is 2. The smallest absolute Gasteiger partial charge is 0.251 e. The van der Waals surface area contributed by atoms with Gasteiger partial charge in [-0.15, -0.1) is 0 Å². The highest BCUT2D eigenvalue weighted by Gasteiger charge is 2.39. The van der Waals surface area contributed by atoms with Gasteiger partial charge in [0, 0.05) is 35.2 Å². The summed E-state index contributed by atoms with van der Waals surface area (Å²) in [5.41, 5.74) is 3.19. The number of aromatic nitrogens is 2. The molecule has 1 fully saturated rings. The molecule has 1 aliphatic carbocycles. The Bertz CT molecular complexity index is 1010. The van der Waals surface area contributed by atoms with Gasteiger partial charge in [-0.1, -0.05) is 25.1 Å². The van der Waals surface area contributed by atoms with Crippen LogP contribution in [-0.4, -0.2) is 21.4 Å². The van der Waals surface area contributed by atoms with Crippen molar-refractivity contribution in [2.24, 2.45) is 11.8 Å². The molecule has 29 heavy (non-hydrogen) atoms. The summed E-state index contributed by atoms with van der Waals surface area (Å²) >= 11 is 0. The molecule has 3 aromatic rings. The van der Waals surface area contributed by atoms with Crippen LogP contribution in [0.25, 0.3) is 5.69 Å². The van der Waals surface area contributed by atoms with Crippen LogP contribution in [-0.2, 0) is 4.79 Å². The molecule has 2 aromatic carbocycles. The van der Waals surface area contributed by atoms with Crippen molar-refractivity contribution in [2.75, 3.05) is 5.32 Å². The maximum atomic E-state index is 12.7. The van der Waals surface area contributed by atoms with Crippen molar-refractivity contribution < 1.29 is 9.59 Å². The summed E-state index contributed by atoms with van der Waals surface area (Å²) in [6.45, 7) is 4.02. The molecule has 3 unspecified atom stereocenters. The van der Waals surface area contributed by atoms with Gasteiger partial charge >= 0.3 is 0 Å². The Balaban J connectivity index is 1.39. The molecular weight excluding hydrogens is 364 g/mol. The van der Waals surface area contributed by atoms with Crippen molar-refractivity contribution in [2.45, 2.75) is 26.3 Å². The van der Waals surface area contributed by atoms with Crippen LogP contribution in [0.15, 0.2) is 67.3 Å². The van der Waals surface area contributed by atoms with E-state index in [4.69, 9.17) is 0 Å². The van der Waals surface area contributed by atoms with Gasteiger partial charge in [-0.25, -0.2) is 4.98 Å². The topological polar surface area (TPSA) is 76.0 Å². The van der Waals surface area contributed by atoms with Gasteiger partial charge in [0.25, 0.3) is 5.91 Å². The number of rotatable bonds is 6. The molecule has 0 radical (unpaired) electrons. The minimum Gasteiger partial charge on any atom is -0.346 e. The van der Waals surface area contributed by atoms with Crippen LogP contribution in [0.4, 0.5) is 5.69 Å². The first-order valence-corrected chi connectivity index (χ1v) is 9.81. The molecule has 1 saturated carbocycles. The van der Waals surface area contributed by atoms with Crippen LogP contribution >= 0.6 is 0 Å². The molecule has 0 spiro atoms. The van der Waals surface area contributed by atoms with Gasteiger partial charge in [0.15, 0.2) is 0 Å². The number of anilines is 1. The summed E-state index contributed by atoms with van der Waals surface area (Å²) in [4.78, 5) is 28.9. The van der Waals surface area contributed by atoms with Crippen molar-refractivity contribution in [3.63, 3.8) is 0 Å². The summed E-state index contributed by atoms with van der Waals surface area (Å²) in [6, 6.07) is 14.9. The average molecular weight is 388 g/mol. The minimum absolute atomic E-state index is 0.0291. The number of nitrogens with zero attached hydrogens (tertiary/aromatic N) is 2. The number of carbonyl (C=O) groups excluding carboxylic acids is 2. The van der Waals surface area contributed by atoms with E-state index in [0.717, 1.165) is 17.7 Å². The summed E-state index contributed by atoms with van der Waals surface area (Å²) < 4.78 is 1.93. The van der Waals surface area contributed by atoms with E-state index in [1.54, 1.807) is 36.8 Å². The highest BCUT2D eigenvalue weighted by molar-refractivity contribution is 5.98. The van der Waals surface area contributed by atoms with Gasteiger partial charge in [-0.05, 0) is 55.2 Å². The third kappa shape index (κ3) is 4.37. The van der Waals surface area contributed by atoms with E-state index < -0.39 is 0 Å². The van der Waals surface area contributed by atoms with Crippen LogP contribution in [0, 0.1) is 11.8 Å². The van der Waals surface area contributed by atoms with Gasteiger partial charge in [-0.2, -0.15) is 0 Å². The fourth-order valence-electron chi connectivity index (χ4n) is 3.37. The first kappa shape index (κ1) is 18.9. The summed E-state index contributed by atoms with van der Waals surface area (Å²) in [5, 5.41) is 5.93. The molecule has 0 bridgehead atoms. The van der Waals surface area contributed by atoms with Crippen LogP contribution in [0.3, 0.4) is 0 Å². The number of nitrogens with one attached hydrogen (secondary N) is 2. The van der Waals surface area contributed by atoms with Crippen molar-refractivity contribution in [1.82, 2.24) is 14.9 Å². The fourth-order valence-corrected chi connectivity index (χ4v) is 3.37. The highest BCUT2D eigenvalue weighted by Crippen LogP contribution is 2.38. The summed E-state index contributed by atoms with van der Waals surface area (Å²) in [7, 11) is 0. The molecule has 1 heterocycles. The number of carbonyl (C=O) groups is 2. The second kappa shape index (κ2) is 7.91. The molecule has 2 amide bonds. The Labute approximate surface area is 170 Å². The first-order valence-electron chi connectivity index (χ1n) is 9.81. The zero-order chi connectivity index (χ0) is 20.4. The lowest BCUT2D eigenvalue weighted by atomic mass is 10.1. The molecule has 148 valence electrons. The van der Waals surface area contributed by atoms with Gasteiger partial charge in [-0.3, -0.25) is 9.59 Å². The predicted octanol–water partition coefficient (Wildman–Crippen LogP) is 3.96. The maximum Gasteiger partial charge on any atom is 0.251 e. The lowest BCUT2D eigenvalue weighted by Gasteiger charge is -2.15. The molecule has 6 heteroatoms. The lowest BCUT2D eigenvalue weighted by molar-refractivity contribution is -0.117. The van der Waals surface area contributed by atoms with E-state index in [0.29, 0.717) is 17.2 Å². The third-order valence-corrected chi connectivity index (χ3v) is 5.38. The summed E-state index contributed by atoms with van der Waals surface area (Å²) in [5.74, 6) is 0.397.